The van der Waals surface area contributed by atoms with E-state index in [9.17, 15) is 14.7 Å². The molecule has 1 amide bonds. The lowest BCUT2D eigenvalue weighted by Crippen LogP contribution is -2.42. The summed E-state index contributed by atoms with van der Waals surface area (Å²) in [7, 11) is 0. The number of hydrogen-bond donors (Lipinski definition) is 1. The summed E-state index contributed by atoms with van der Waals surface area (Å²) in [5.41, 5.74) is 1.96. The molecule has 3 rings (SSSR count). The van der Waals surface area contributed by atoms with Crippen LogP contribution in [0.2, 0.25) is 0 Å². The van der Waals surface area contributed by atoms with E-state index in [1.807, 2.05) is 24.3 Å². The minimum absolute atomic E-state index is 0.153. The molecule has 0 spiro atoms. The predicted octanol–water partition coefficient (Wildman–Crippen LogP) is 1.38. The number of carboxylic acids is 1. The Morgan fingerprint density at radius 2 is 1.90 bits per heavy atom. The summed E-state index contributed by atoms with van der Waals surface area (Å²) in [5.74, 6) is -1.78. The third-order valence-corrected chi connectivity index (χ3v) is 3.55. The molecule has 1 aliphatic rings. The Morgan fingerprint density at radius 1 is 1.19 bits per heavy atom. The van der Waals surface area contributed by atoms with Crippen molar-refractivity contribution >= 4 is 17.6 Å². The van der Waals surface area contributed by atoms with E-state index >= 15 is 0 Å². The number of para-hydroxylation sites is 1. The van der Waals surface area contributed by atoms with E-state index in [1.54, 1.807) is 0 Å². The third-order valence-electron chi connectivity index (χ3n) is 3.55. The Morgan fingerprint density at radius 3 is 2.62 bits per heavy atom. The number of benzene rings is 1. The Balaban J connectivity index is 2.00. The van der Waals surface area contributed by atoms with Crippen LogP contribution in [-0.2, 0) is 11.2 Å². The highest BCUT2D eigenvalue weighted by Crippen LogP contribution is 2.30. The van der Waals surface area contributed by atoms with Crippen molar-refractivity contribution in [2.75, 3.05) is 11.4 Å². The van der Waals surface area contributed by atoms with Crippen molar-refractivity contribution in [2.45, 2.75) is 6.42 Å². The summed E-state index contributed by atoms with van der Waals surface area (Å²) >= 11 is 0. The second-order valence-electron chi connectivity index (χ2n) is 4.91. The smallest absolute Gasteiger partial charge is 0.308 e. The zero-order chi connectivity index (χ0) is 14.8. The highest BCUT2D eigenvalue weighted by Gasteiger charge is 2.32. The molecule has 0 fully saturated rings. The van der Waals surface area contributed by atoms with Crippen LogP contribution in [0.5, 0.6) is 0 Å². The number of carbonyl (C=O) groups is 2. The van der Waals surface area contributed by atoms with E-state index in [2.05, 4.69) is 9.97 Å². The second kappa shape index (κ2) is 5.32. The van der Waals surface area contributed by atoms with Crippen LogP contribution in [0, 0.1) is 5.92 Å². The molecule has 2 aromatic rings. The fourth-order valence-electron chi connectivity index (χ4n) is 2.52. The number of aromatic nitrogens is 2. The summed E-state index contributed by atoms with van der Waals surface area (Å²) < 4.78 is 0. The molecule has 21 heavy (non-hydrogen) atoms. The second-order valence-corrected chi connectivity index (χ2v) is 4.91. The topological polar surface area (TPSA) is 83.4 Å². The number of anilines is 1. The molecule has 1 aromatic heterocycles. The molecule has 1 N–H and O–H groups in total. The van der Waals surface area contributed by atoms with Crippen molar-refractivity contribution < 1.29 is 14.7 Å². The summed E-state index contributed by atoms with van der Waals surface area (Å²) in [6, 6.07) is 7.36. The van der Waals surface area contributed by atoms with Gasteiger partial charge in [0.2, 0.25) is 0 Å². The van der Waals surface area contributed by atoms with Crippen LogP contribution in [0.1, 0.15) is 15.9 Å². The molecule has 1 unspecified atom stereocenters. The van der Waals surface area contributed by atoms with Gasteiger partial charge in [-0.2, -0.15) is 0 Å². The molecule has 1 aliphatic heterocycles. The maximum absolute atomic E-state index is 12.6. The minimum atomic E-state index is -0.897. The number of fused-ring (bicyclic) bond motifs is 1. The number of rotatable bonds is 2. The van der Waals surface area contributed by atoms with Gasteiger partial charge in [-0.25, -0.2) is 9.97 Å². The monoisotopic (exact) mass is 283 g/mol. The van der Waals surface area contributed by atoms with Crippen LogP contribution >= 0.6 is 0 Å². The van der Waals surface area contributed by atoms with Gasteiger partial charge in [0.05, 0.1) is 11.5 Å². The van der Waals surface area contributed by atoms with Crippen molar-refractivity contribution in [3.63, 3.8) is 0 Å². The van der Waals surface area contributed by atoms with Gasteiger partial charge in [-0.1, -0.05) is 18.2 Å². The van der Waals surface area contributed by atoms with Crippen LogP contribution in [0.15, 0.2) is 43.0 Å². The summed E-state index contributed by atoms with van der Waals surface area (Å²) in [6.45, 7) is 0.153. The summed E-state index contributed by atoms with van der Waals surface area (Å²) in [4.78, 5) is 33.1. The molecule has 2 heterocycles. The zero-order valence-corrected chi connectivity index (χ0v) is 11.1. The molecule has 0 saturated heterocycles. The molecule has 6 nitrogen and oxygen atoms in total. The molecular weight excluding hydrogens is 270 g/mol. The first kappa shape index (κ1) is 13.2. The number of hydrogen-bond acceptors (Lipinski definition) is 4. The first-order valence-electron chi connectivity index (χ1n) is 6.54. The van der Waals surface area contributed by atoms with Gasteiger partial charge in [0.15, 0.2) is 0 Å². The molecule has 0 aliphatic carbocycles. The normalized spacial score (nSPS) is 17.1. The highest BCUT2D eigenvalue weighted by atomic mass is 16.4. The minimum Gasteiger partial charge on any atom is -0.481 e. The maximum atomic E-state index is 12.6. The first-order chi connectivity index (χ1) is 10.2. The molecule has 6 heteroatoms. The highest BCUT2D eigenvalue weighted by molar-refractivity contribution is 6.06. The lowest BCUT2D eigenvalue weighted by molar-refractivity contribution is -0.141. The van der Waals surface area contributed by atoms with Crippen LogP contribution in [-0.4, -0.2) is 33.5 Å². The van der Waals surface area contributed by atoms with Gasteiger partial charge in [-0.3, -0.25) is 9.59 Å². The van der Waals surface area contributed by atoms with Crippen molar-refractivity contribution in [1.29, 1.82) is 0 Å². The number of carbonyl (C=O) groups excluding carboxylic acids is 1. The Labute approximate surface area is 121 Å². The maximum Gasteiger partial charge on any atom is 0.308 e. The summed E-state index contributed by atoms with van der Waals surface area (Å²) in [5, 5.41) is 9.27. The average molecular weight is 283 g/mol. The molecule has 1 aromatic carbocycles. The molecule has 0 radical (unpaired) electrons. The average Bonchev–Trinajstić information content (AvgIpc) is 2.54. The van der Waals surface area contributed by atoms with Gasteiger partial charge in [0, 0.05) is 24.6 Å². The van der Waals surface area contributed by atoms with Crippen molar-refractivity contribution in [2.24, 2.45) is 5.92 Å². The van der Waals surface area contributed by atoms with Crippen molar-refractivity contribution in [3.8, 4) is 0 Å². The Bertz CT molecular complexity index is 688. The third kappa shape index (κ3) is 2.47. The van der Waals surface area contributed by atoms with Crippen LogP contribution in [0.3, 0.4) is 0 Å². The fourth-order valence-corrected chi connectivity index (χ4v) is 2.52. The number of aliphatic carboxylic acids is 1. The first-order valence-corrected chi connectivity index (χ1v) is 6.54. The lowest BCUT2D eigenvalue weighted by Gasteiger charge is -2.32. The number of nitrogens with zero attached hydrogens (tertiary/aromatic N) is 3. The molecule has 1 atom stereocenters. The number of carboxylic acid groups (broad SMARTS) is 1. The number of amides is 1. The largest absolute Gasteiger partial charge is 0.481 e. The predicted molar refractivity (Wildman–Crippen MR) is 75.0 cm³/mol. The molecule has 0 saturated carbocycles. The van der Waals surface area contributed by atoms with Gasteiger partial charge >= 0.3 is 5.97 Å². The molecular formula is C15H13N3O3. The van der Waals surface area contributed by atoms with Crippen molar-refractivity contribution in [1.82, 2.24) is 9.97 Å². The van der Waals surface area contributed by atoms with Crippen LogP contribution < -0.4 is 4.90 Å². The van der Waals surface area contributed by atoms with Gasteiger partial charge in [-0.15, -0.1) is 0 Å². The SMILES string of the molecule is O=C(O)C1Cc2ccccc2N(C(=O)c2cncnc2)C1. The quantitative estimate of drug-likeness (QED) is 0.900. The van der Waals surface area contributed by atoms with Gasteiger partial charge in [0.1, 0.15) is 6.33 Å². The van der Waals surface area contributed by atoms with Gasteiger partial charge in [-0.05, 0) is 18.1 Å². The molecule has 106 valence electrons. The van der Waals surface area contributed by atoms with Gasteiger partial charge < -0.3 is 10.0 Å². The fraction of sp³-hybridized carbons (Fsp3) is 0.200. The van der Waals surface area contributed by atoms with Crippen LogP contribution in [0.4, 0.5) is 5.69 Å². The summed E-state index contributed by atoms with van der Waals surface area (Å²) in [6.07, 6.45) is 4.65. The van der Waals surface area contributed by atoms with E-state index in [1.165, 1.54) is 23.6 Å². The van der Waals surface area contributed by atoms with Crippen molar-refractivity contribution in [3.05, 3.63) is 54.1 Å². The molecule has 0 bridgehead atoms. The van der Waals surface area contributed by atoms with E-state index in [-0.39, 0.29) is 12.5 Å². The van der Waals surface area contributed by atoms with E-state index in [4.69, 9.17) is 0 Å². The lowest BCUT2D eigenvalue weighted by atomic mass is 9.92. The van der Waals surface area contributed by atoms with Gasteiger partial charge in [0.25, 0.3) is 5.91 Å². The van der Waals surface area contributed by atoms with Crippen LogP contribution in [0.25, 0.3) is 0 Å². The van der Waals surface area contributed by atoms with E-state index in [0.29, 0.717) is 12.0 Å². The zero-order valence-electron chi connectivity index (χ0n) is 11.1. The standard InChI is InChI=1S/C15H13N3O3/c19-14(12-6-16-9-17-7-12)18-8-11(15(20)21)5-10-3-1-2-4-13(10)18/h1-4,6-7,9,11H,5,8H2,(H,20,21). The Kier molecular flexibility index (Phi) is 3.35. The Hall–Kier alpha value is -2.76. The van der Waals surface area contributed by atoms with E-state index in [0.717, 1.165) is 11.3 Å². The van der Waals surface area contributed by atoms with E-state index < -0.39 is 11.9 Å².